The van der Waals surface area contributed by atoms with Crippen molar-refractivity contribution in [1.29, 1.82) is 0 Å². The molecule has 1 amide bonds. The second kappa shape index (κ2) is 6.16. The van der Waals surface area contributed by atoms with Crippen molar-refractivity contribution in [2.45, 2.75) is 32.2 Å². The Morgan fingerprint density at radius 1 is 1.36 bits per heavy atom. The summed E-state index contributed by atoms with van der Waals surface area (Å²) in [6.07, 6.45) is 2.17. The molecule has 1 saturated heterocycles. The number of ketones is 1. The van der Waals surface area contributed by atoms with Gasteiger partial charge in [0.1, 0.15) is 5.02 Å². The second-order valence-electron chi connectivity index (χ2n) is 5.75. The van der Waals surface area contributed by atoms with Crippen molar-refractivity contribution in [3.63, 3.8) is 0 Å². The Morgan fingerprint density at radius 3 is 2.77 bits per heavy atom. The van der Waals surface area contributed by atoms with E-state index in [-0.39, 0.29) is 17.7 Å². The number of nitrogens with zero attached hydrogens (tertiary/aromatic N) is 1. The van der Waals surface area contributed by atoms with Gasteiger partial charge in [0.05, 0.1) is 17.9 Å². The van der Waals surface area contributed by atoms with Crippen molar-refractivity contribution in [3.05, 3.63) is 22.7 Å². The Morgan fingerprint density at radius 2 is 2.09 bits per heavy atom. The van der Waals surface area contributed by atoms with E-state index in [9.17, 15) is 9.59 Å². The zero-order valence-corrected chi connectivity index (χ0v) is 13.3. The lowest BCUT2D eigenvalue weighted by atomic mass is 10.0. The summed E-state index contributed by atoms with van der Waals surface area (Å²) in [6, 6.07) is 3.88. The second-order valence-corrected chi connectivity index (χ2v) is 6.13. The highest BCUT2D eigenvalue weighted by Gasteiger charge is 2.25. The molecular weight excluding hydrogens is 304 g/mol. The molecule has 0 saturated carbocycles. The third-order valence-electron chi connectivity index (χ3n) is 4.27. The quantitative estimate of drug-likeness (QED) is 0.909. The number of Topliss-reactive ketones (excluding diaryl/α,β-unsaturated/α-hetero) is 1. The molecule has 0 atom stereocenters. The lowest BCUT2D eigenvalue weighted by Crippen LogP contribution is -2.41. The number of hydrogen-bond acceptors (Lipinski definition) is 4. The maximum atomic E-state index is 11.8. The van der Waals surface area contributed by atoms with Gasteiger partial charge in [-0.3, -0.25) is 9.59 Å². The number of piperidine rings is 1. The van der Waals surface area contributed by atoms with Gasteiger partial charge in [0, 0.05) is 32.5 Å². The van der Waals surface area contributed by atoms with E-state index in [0.29, 0.717) is 29.4 Å². The first-order chi connectivity index (χ1) is 10.6. The molecule has 2 aliphatic rings. The summed E-state index contributed by atoms with van der Waals surface area (Å²) in [7, 11) is 0. The van der Waals surface area contributed by atoms with Crippen LogP contribution in [-0.4, -0.2) is 42.3 Å². The van der Waals surface area contributed by atoms with Gasteiger partial charge >= 0.3 is 0 Å². The number of carbonyl (C=O) groups excluding carboxylic acids is 2. The lowest BCUT2D eigenvalue weighted by molar-refractivity contribution is -0.129. The smallest absolute Gasteiger partial charge is 0.219 e. The van der Waals surface area contributed by atoms with Gasteiger partial charge in [-0.2, -0.15) is 0 Å². The number of anilines is 1. The van der Waals surface area contributed by atoms with Crippen molar-refractivity contribution >= 4 is 29.0 Å². The third kappa shape index (κ3) is 2.90. The molecule has 1 aromatic rings. The van der Waals surface area contributed by atoms with Crippen molar-refractivity contribution in [3.8, 4) is 5.75 Å². The van der Waals surface area contributed by atoms with Gasteiger partial charge in [0.25, 0.3) is 0 Å². The first kappa shape index (κ1) is 15.2. The standard InChI is InChI=1S/C16H19ClN2O3/c1-10(20)19-7-4-11(5-8-19)18-13-3-2-12-14(21)6-9-22-16(12)15(13)17/h2-3,11,18H,4-9H2,1H3. The van der Waals surface area contributed by atoms with Crippen LogP contribution in [0.1, 0.15) is 36.5 Å². The van der Waals surface area contributed by atoms with E-state index < -0.39 is 0 Å². The number of fused-ring (bicyclic) bond motifs is 1. The zero-order valence-electron chi connectivity index (χ0n) is 12.5. The molecule has 0 aliphatic carbocycles. The molecule has 5 nitrogen and oxygen atoms in total. The molecule has 1 fully saturated rings. The van der Waals surface area contributed by atoms with Crippen LogP contribution >= 0.6 is 11.6 Å². The highest BCUT2D eigenvalue weighted by molar-refractivity contribution is 6.35. The molecule has 3 rings (SSSR count). The lowest BCUT2D eigenvalue weighted by Gasteiger charge is -2.32. The van der Waals surface area contributed by atoms with E-state index in [0.717, 1.165) is 31.6 Å². The number of nitrogens with one attached hydrogen (secondary N) is 1. The largest absolute Gasteiger partial charge is 0.491 e. The van der Waals surface area contributed by atoms with E-state index in [2.05, 4.69) is 5.32 Å². The van der Waals surface area contributed by atoms with Crippen LogP contribution in [0.2, 0.25) is 5.02 Å². The fraction of sp³-hybridized carbons (Fsp3) is 0.500. The average Bonchev–Trinajstić information content (AvgIpc) is 2.51. The fourth-order valence-electron chi connectivity index (χ4n) is 2.97. The van der Waals surface area contributed by atoms with Crippen LogP contribution in [0.25, 0.3) is 0 Å². The molecule has 0 unspecified atom stereocenters. The summed E-state index contributed by atoms with van der Waals surface area (Å²) in [5.74, 6) is 0.686. The Balaban J connectivity index is 1.71. The van der Waals surface area contributed by atoms with Gasteiger partial charge in [0.2, 0.25) is 5.91 Å². The van der Waals surface area contributed by atoms with Crippen LogP contribution in [-0.2, 0) is 4.79 Å². The third-order valence-corrected chi connectivity index (χ3v) is 4.65. The molecule has 2 aliphatic heterocycles. The number of rotatable bonds is 2. The minimum Gasteiger partial charge on any atom is -0.491 e. The molecule has 1 N–H and O–H groups in total. The number of halogens is 1. The number of carbonyl (C=O) groups is 2. The number of ether oxygens (including phenoxy) is 1. The van der Waals surface area contributed by atoms with E-state index in [1.165, 1.54) is 0 Å². The van der Waals surface area contributed by atoms with E-state index in [4.69, 9.17) is 16.3 Å². The van der Waals surface area contributed by atoms with E-state index >= 15 is 0 Å². The summed E-state index contributed by atoms with van der Waals surface area (Å²) in [6.45, 7) is 3.49. The molecule has 0 spiro atoms. The van der Waals surface area contributed by atoms with Gasteiger partial charge in [-0.1, -0.05) is 11.6 Å². The van der Waals surface area contributed by atoms with Gasteiger partial charge in [-0.05, 0) is 25.0 Å². The predicted octanol–water partition coefficient (Wildman–Crippen LogP) is 2.73. The Hall–Kier alpha value is -1.75. The van der Waals surface area contributed by atoms with Crippen LogP contribution in [0.4, 0.5) is 5.69 Å². The number of likely N-dealkylation sites (tertiary alicyclic amines) is 1. The van der Waals surface area contributed by atoms with Crippen LogP contribution in [0.5, 0.6) is 5.75 Å². The van der Waals surface area contributed by atoms with E-state index in [1.807, 2.05) is 11.0 Å². The molecule has 6 heteroatoms. The summed E-state index contributed by atoms with van der Waals surface area (Å²) in [5, 5.41) is 3.88. The molecule has 118 valence electrons. The number of benzene rings is 1. The van der Waals surface area contributed by atoms with Crippen molar-refractivity contribution in [2.75, 3.05) is 25.0 Å². The van der Waals surface area contributed by atoms with Crippen molar-refractivity contribution in [1.82, 2.24) is 4.90 Å². The molecule has 2 heterocycles. The fourth-order valence-corrected chi connectivity index (χ4v) is 3.24. The summed E-state index contributed by atoms with van der Waals surface area (Å²) >= 11 is 6.39. The van der Waals surface area contributed by atoms with Crippen molar-refractivity contribution < 1.29 is 14.3 Å². The predicted molar refractivity (Wildman–Crippen MR) is 84.8 cm³/mol. The maximum Gasteiger partial charge on any atom is 0.219 e. The Kier molecular flexibility index (Phi) is 4.25. The highest BCUT2D eigenvalue weighted by Crippen LogP contribution is 2.38. The highest BCUT2D eigenvalue weighted by atomic mass is 35.5. The maximum absolute atomic E-state index is 11.8. The molecule has 0 bridgehead atoms. The molecule has 0 aromatic heterocycles. The monoisotopic (exact) mass is 322 g/mol. The molecule has 0 radical (unpaired) electrons. The van der Waals surface area contributed by atoms with Gasteiger partial charge in [-0.25, -0.2) is 0 Å². The summed E-state index contributed by atoms with van der Waals surface area (Å²) in [4.78, 5) is 25.0. The van der Waals surface area contributed by atoms with Gasteiger partial charge in [0.15, 0.2) is 11.5 Å². The summed E-state index contributed by atoms with van der Waals surface area (Å²) < 4.78 is 5.56. The van der Waals surface area contributed by atoms with Crippen LogP contribution in [0, 0.1) is 0 Å². The minimum atomic E-state index is 0.0736. The average molecular weight is 323 g/mol. The topological polar surface area (TPSA) is 58.6 Å². The Labute approximate surface area is 134 Å². The molecular formula is C16H19ClN2O3. The molecule has 22 heavy (non-hydrogen) atoms. The Bertz CT molecular complexity index is 610. The first-order valence-corrected chi connectivity index (χ1v) is 7.94. The summed E-state index contributed by atoms with van der Waals surface area (Å²) in [5.41, 5.74) is 1.35. The van der Waals surface area contributed by atoms with Crippen molar-refractivity contribution in [2.24, 2.45) is 0 Å². The first-order valence-electron chi connectivity index (χ1n) is 7.57. The zero-order chi connectivity index (χ0) is 15.7. The van der Waals surface area contributed by atoms with Gasteiger partial charge in [-0.15, -0.1) is 0 Å². The number of amides is 1. The van der Waals surface area contributed by atoms with Crippen LogP contribution in [0.3, 0.4) is 0 Å². The minimum absolute atomic E-state index is 0.0736. The van der Waals surface area contributed by atoms with Crippen LogP contribution < -0.4 is 10.1 Å². The van der Waals surface area contributed by atoms with Gasteiger partial charge < -0.3 is 15.0 Å². The SMILES string of the molecule is CC(=O)N1CCC(Nc2ccc3c(c2Cl)OCCC3=O)CC1. The normalized spacial score (nSPS) is 18.6. The van der Waals surface area contributed by atoms with E-state index in [1.54, 1.807) is 13.0 Å². The van der Waals surface area contributed by atoms with Crippen LogP contribution in [0.15, 0.2) is 12.1 Å². The number of hydrogen-bond donors (Lipinski definition) is 1. The molecule has 1 aromatic carbocycles.